The predicted molar refractivity (Wildman–Crippen MR) is 144 cm³/mol. The SMILES string of the molecule is O=C1[C@H](CC[C@H](O)c2ccc(F)cc2)[C@@H](c2ccc(-c3cccc(P(=O)(O)O)c3)cc2)N1c1ccc(F)cc1. The number of rotatable bonds is 8. The number of amides is 1. The molecule has 0 bridgehead atoms. The van der Waals surface area contributed by atoms with E-state index in [0.29, 0.717) is 29.7 Å². The van der Waals surface area contributed by atoms with Gasteiger partial charge < -0.3 is 19.8 Å². The fraction of sp³-hybridized carbons (Fsp3) is 0.167. The van der Waals surface area contributed by atoms with E-state index in [0.717, 1.165) is 11.1 Å². The van der Waals surface area contributed by atoms with Crippen LogP contribution in [-0.2, 0) is 9.36 Å². The number of nitrogens with zero attached hydrogens (tertiary/aromatic N) is 1. The molecule has 0 aliphatic carbocycles. The predicted octanol–water partition coefficient (Wildman–Crippen LogP) is 5.65. The fourth-order valence-electron chi connectivity index (χ4n) is 5.03. The highest BCUT2D eigenvalue weighted by Gasteiger charge is 2.48. The smallest absolute Gasteiger partial charge is 0.356 e. The van der Waals surface area contributed by atoms with Crippen molar-refractivity contribution in [3.8, 4) is 11.1 Å². The van der Waals surface area contributed by atoms with Crippen molar-refractivity contribution in [2.45, 2.75) is 25.0 Å². The number of carbonyl (C=O) groups is 1. The Kier molecular flexibility index (Phi) is 7.47. The summed E-state index contributed by atoms with van der Waals surface area (Å²) < 4.78 is 38.5. The quantitative estimate of drug-likeness (QED) is 0.195. The monoisotopic (exact) mass is 549 g/mol. The third kappa shape index (κ3) is 5.70. The molecule has 1 heterocycles. The first-order chi connectivity index (χ1) is 18.6. The molecule has 39 heavy (non-hydrogen) atoms. The summed E-state index contributed by atoms with van der Waals surface area (Å²) in [4.78, 5) is 33.9. The Morgan fingerprint density at radius 3 is 2.05 bits per heavy atom. The van der Waals surface area contributed by atoms with Gasteiger partial charge in [-0.15, -0.1) is 0 Å². The highest BCUT2D eigenvalue weighted by Crippen LogP contribution is 2.46. The lowest BCUT2D eigenvalue weighted by molar-refractivity contribution is -0.131. The lowest BCUT2D eigenvalue weighted by atomic mass is 9.78. The van der Waals surface area contributed by atoms with Crippen LogP contribution in [0, 0.1) is 17.6 Å². The maximum absolute atomic E-state index is 13.6. The Balaban J connectivity index is 1.41. The number of aliphatic hydroxyl groups excluding tert-OH is 1. The minimum atomic E-state index is -4.40. The van der Waals surface area contributed by atoms with Crippen LogP contribution in [0.1, 0.15) is 36.1 Å². The molecule has 9 heteroatoms. The van der Waals surface area contributed by atoms with Gasteiger partial charge in [0.2, 0.25) is 5.91 Å². The van der Waals surface area contributed by atoms with Crippen molar-refractivity contribution in [1.82, 2.24) is 0 Å². The summed E-state index contributed by atoms with van der Waals surface area (Å²) in [6.07, 6.45) is -0.183. The molecular weight excluding hydrogens is 523 g/mol. The second-order valence-electron chi connectivity index (χ2n) is 9.60. The van der Waals surface area contributed by atoms with Gasteiger partial charge in [0, 0.05) is 5.69 Å². The van der Waals surface area contributed by atoms with E-state index in [9.17, 15) is 33.0 Å². The van der Waals surface area contributed by atoms with Gasteiger partial charge in [0.05, 0.1) is 23.4 Å². The number of β-lactam (4-membered cyclic amide) rings is 1. The molecule has 0 unspecified atom stereocenters. The number of hydrogen-bond donors (Lipinski definition) is 3. The number of halogens is 2. The average molecular weight is 550 g/mol. The molecule has 1 aliphatic rings. The summed E-state index contributed by atoms with van der Waals surface area (Å²) >= 11 is 0. The van der Waals surface area contributed by atoms with Crippen LogP contribution < -0.4 is 10.2 Å². The topological polar surface area (TPSA) is 98.1 Å². The standard InChI is InChI=1S/C30H26F2NO5P/c31-23-10-8-20(9-11-23)28(34)17-16-27-29(33(30(27)35)25-14-12-24(32)13-15-25)21-6-4-19(5-7-21)22-2-1-3-26(18-22)39(36,37)38/h1-15,18,27-29,34H,16-17H2,(H2,36,37,38)/t27-,28+,29-/m1/s1. The van der Waals surface area contributed by atoms with Crippen molar-refractivity contribution < 1.29 is 33.0 Å². The van der Waals surface area contributed by atoms with Crippen molar-refractivity contribution in [2.24, 2.45) is 5.92 Å². The van der Waals surface area contributed by atoms with Crippen LogP contribution in [0.15, 0.2) is 97.1 Å². The van der Waals surface area contributed by atoms with Gasteiger partial charge in [-0.05, 0) is 83.6 Å². The van der Waals surface area contributed by atoms with Gasteiger partial charge >= 0.3 is 7.60 Å². The summed E-state index contributed by atoms with van der Waals surface area (Å²) in [6, 6.07) is 24.5. The van der Waals surface area contributed by atoms with Crippen LogP contribution in [0.4, 0.5) is 14.5 Å². The number of aliphatic hydroxyl groups is 1. The van der Waals surface area contributed by atoms with Crippen LogP contribution in [0.2, 0.25) is 0 Å². The van der Waals surface area contributed by atoms with E-state index >= 15 is 0 Å². The molecule has 0 saturated carbocycles. The van der Waals surface area contributed by atoms with Crippen LogP contribution in [-0.4, -0.2) is 20.8 Å². The van der Waals surface area contributed by atoms with Crippen LogP contribution in [0.5, 0.6) is 0 Å². The molecule has 0 aromatic heterocycles. The van der Waals surface area contributed by atoms with Crippen molar-refractivity contribution >= 4 is 24.5 Å². The van der Waals surface area contributed by atoms with Crippen LogP contribution >= 0.6 is 7.60 Å². The molecule has 3 N–H and O–H groups in total. The van der Waals surface area contributed by atoms with Crippen molar-refractivity contribution in [3.63, 3.8) is 0 Å². The highest BCUT2D eigenvalue weighted by molar-refractivity contribution is 7.60. The Hall–Kier alpha value is -3.68. The zero-order chi connectivity index (χ0) is 27.7. The minimum absolute atomic E-state index is 0.0732. The van der Waals surface area contributed by atoms with Gasteiger partial charge in [0.25, 0.3) is 0 Å². The number of hydrogen-bond acceptors (Lipinski definition) is 3. The third-order valence-corrected chi connectivity index (χ3v) is 8.04. The molecule has 4 aromatic carbocycles. The zero-order valence-corrected chi connectivity index (χ0v) is 21.6. The third-order valence-electron chi connectivity index (χ3n) is 7.09. The molecule has 4 aromatic rings. The molecule has 1 aliphatic heterocycles. The summed E-state index contributed by atoms with van der Waals surface area (Å²) in [5.41, 5.74) is 3.34. The van der Waals surface area contributed by atoms with Crippen molar-refractivity contribution in [2.75, 3.05) is 4.90 Å². The van der Waals surface area contributed by atoms with E-state index < -0.39 is 31.3 Å². The first kappa shape index (κ1) is 26.9. The number of carbonyl (C=O) groups excluding carboxylic acids is 1. The Bertz CT molecular complexity index is 1520. The van der Waals surface area contributed by atoms with Crippen molar-refractivity contribution in [3.05, 3.63) is 120 Å². The van der Waals surface area contributed by atoms with E-state index in [-0.39, 0.29) is 17.3 Å². The lowest BCUT2D eigenvalue weighted by Gasteiger charge is -2.48. The van der Waals surface area contributed by atoms with Gasteiger partial charge in [0.1, 0.15) is 11.6 Å². The fourth-order valence-corrected chi connectivity index (χ4v) is 5.62. The van der Waals surface area contributed by atoms with Gasteiger partial charge in [-0.2, -0.15) is 0 Å². The second-order valence-corrected chi connectivity index (χ2v) is 11.2. The average Bonchev–Trinajstić information content (AvgIpc) is 2.93. The van der Waals surface area contributed by atoms with E-state index in [2.05, 4.69) is 0 Å². The van der Waals surface area contributed by atoms with Gasteiger partial charge in [-0.1, -0.05) is 48.5 Å². The largest absolute Gasteiger partial charge is 0.388 e. The maximum atomic E-state index is 13.6. The molecular formula is C30H26F2NO5P. The molecule has 1 saturated heterocycles. The van der Waals surface area contributed by atoms with E-state index in [1.165, 1.54) is 48.5 Å². The molecule has 3 atom stereocenters. The molecule has 1 fully saturated rings. The summed E-state index contributed by atoms with van der Waals surface area (Å²) in [5, 5.41) is 10.6. The maximum Gasteiger partial charge on any atom is 0.356 e. The molecule has 0 radical (unpaired) electrons. The zero-order valence-electron chi connectivity index (χ0n) is 20.7. The summed E-state index contributed by atoms with van der Waals surface area (Å²) in [7, 11) is -4.40. The van der Waals surface area contributed by atoms with Crippen molar-refractivity contribution in [1.29, 1.82) is 0 Å². The first-order valence-corrected chi connectivity index (χ1v) is 14.0. The first-order valence-electron chi connectivity index (χ1n) is 12.4. The van der Waals surface area contributed by atoms with E-state index in [1.807, 2.05) is 24.3 Å². The highest BCUT2D eigenvalue weighted by atomic mass is 31.2. The minimum Gasteiger partial charge on any atom is -0.388 e. The van der Waals surface area contributed by atoms with Crippen LogP contribution in [0.3, 0.4) is 0 Å². The molecule has 1 amide bonds. The molecule has 200 valence electrons. The van der Waals surface area contributed by atoms with Gasteiger partial charge in [-0.25, -0.2) is 8.78 Å². The number of anilines is 1. The summed E-state index contributed by atoms with van der Waals surface area (Å²) in [5.74, 6) is -1.39. The Labute approximate surface area is 224 Å². The second kappa shape index (κ2) is 10.8. The van der Waals surface area contributed by atoms with E-state index in [4.69, 9.17) is 0 Å². The molecule has 0 spiro atoms. The molecule has 5 rings (SSSR count). The Morgan fingerprint density at radius 1 is 0.821 bits per heavy atom. The van der Waals surface area contributed by atoms with E-state index in [1.54, 1.807) is 29.2 Å². The lowest BCUT2D eigenvalue weighted by Crippen LogP contribution is -2.55. The van der Waals surface area contributed by atoms with Crippen LogP contribution in [0.25, 0.3) is 11.1 Å². The van der Waals surface area contributed by atoms with Gasteiger partial charge in [-0.3, -0.25) is 9.36 Å². The number of benzene rings is 4. The van der Waals surface area contributed by atoms with Gasteiger partial charge in [0.15, 0.2) is 0 Å². The normalized spacial score (nSPS) is 18.1. The summed E-state index contributed by atoms with van der Waals surface area (Å²) in [6.45, 7) is 0. The molecule has 6 nitrogen and oxygen atoms in total. The Morgan fingerprint density at radius 2 is 1.44 bits per heavy atom.